The van der Waals surface area contributed by atoms with E-state index >= 15 is 0 Å². The molecule has 0 fully saturated rings. The highest BCUT2D eigenvalue weighted by molar-refractivity contribution is 5.91. The fourth-order valence-corrected chi connectivity index (χ4v) is 2.87. The third-order valence-corrected chi connectivity index (χ3v) is 4.34. The average molecular weight is 368 g/mol. The topological polar surface area (TPSA) is 67.4 Å². The maximum Gasteiger partial charge on any atom is 0.226 e. The van der Waals surface area contributed by atoms with Crippen LogP contribution < -0.4 is 15.4 Å². The Morgan fingerprint density at radius 2 is 1.70 bits per heavy atom. The van der Waals surface area contributed by atoms with Crippen LogP contribution in [0.5, 0.6) is 5.75 Å². The predicted octanol–water partition coefficient (Wildman–Crippen LogP) is 4.24. The Balaban J connectivity index is 2.01. The standard InChI is InChI=1S/C22H28N2O3/c1-4-5-6-17-7-11-19(12-8-17)24-22(26)15-21(23-16(2)25)18-9-13-20(27-3)14-10-18/h7-14,21H,4-6,15H2,1-3H3,(H,23,25)(H,24,26). The van der Waals surface area contributed by atoms with Crippen LogP contribution in [-0.4, -0.2) is 18.9 Å². The summed E-state index contributed by atoms with van der Waals surface area (Å²) in [7, 11) is 1.60. The van der Waals surface area contributed by atoms with E-state index < -0.39 is 6.04 Å². The van der Waals surface area contributed by atoms with Gasteiger partial charge < -0.3 is 15.4 Å². The zero-order valence-corrected chi connectivity index (χ0v) is 16.2. The van der Waals surface area contributed by atoms with Crippen LogP contribution in [-0.2, 0) is 16.0 Å². The molecule has 2 aromatic rings. The summed E-state index contributed by atoms with van der Waals surface area (Å²) in [6, 6.07) is 14.9. The van der Waals surface area contributed by atoms with Gasteiger partial charge in [-0.15, -0.1) is 0 Å². The fraction of sp³-hybridized carbons (Fsp3) is 0.364. The highest BCUT2D eigenvalue weighted by Crippen LogP contribution is 2.21. The predicted molar refractivity (Wildman–Crippen MR) is 108 cm³/mol. The Morgan fingerprint density at radius 1 is 1.04 bits per heavy atom. The molecule has 0 bridgehead atoms. The second kappa shape index (κ2) is 10.4. The molecule has 1 atom stereocenters. The summed E-state index contributed by atoms with van der Waals surface area (Å²) < 4.78 is 5.16. The number of hydrogen-bond donors (Lipinski definition) is 2. The van der Waals surface area contributed by atoms with E-state index in [1.54, 1.807) is 7.11 Å². The molecule has 2 N–H and O–H groups in total. The van der Waals surface area contributed by atoms with Crippen molar-refractivity contribution in [3.05, 3.63) is 59.7 Å². The summed E-state index contributed by atoms with van der Waals surface area (Å²) in [6.07, 6.45) is 3.52. The number of rotatable bonds is 9. The van der Waals surface area contributed by atoms with Crippen LogP contribution in [0.15, 0.2) is 48.5 Å². The fourth-order valence-electron chi connectivity index (χ4n) is 2.87. The number of carbonyl (C=O) groups is 2. The van der Waals surface area contributed by atoms with Crippen molar-refractivity contribution in [3.8, 4) is 5.75 Å². The molecule has 0 heterocycles. The van der Waals surface area contributed by atoms with Crippen LogP contribution in [0.1, 0.15) is 50.3 Å². The first kappa shape index (κ1) is 20.5. The second-order valence-corrected chi connectivity index (χ2v) is 6.58. The van der Waals surface area contributed by atoms with Gasteiger partial charge in [0.25, 0.3) is 0 Å². The number of methoxy groups -OCH3 is 1. The van der Waals surface area contributed by atoms with Gasteiger partial charge in [-0.05, 0) is 48.2 Å². The summed E-state index contributed by atoms with van der Waals surface area (Å²) in [6.45, 7) is 3.62. The largest absolute Gasteiger partial charge is 0.497 e. The van der Waals surface area contributed by atoms with Gasteiger partial charge in [0.2, 0.25) is 11.8 Å². The van der Waals surface area contributed by atoms with Gasteiger partial charge in [-0.2, -0.15) is 0 Å². The van der Waals surface area contributed by atoms with E-state index in [0.29, 0.717) is 0 Å². The SMILES string of the molecule is CCCCc1ccc(NC(=O)CC(NC(C)=O)c2ccc(OC)cc2)cc1. The molecule has 0 spiro atoms. The average Bonchev–Trinajstić information content (AvgIpc) is 2.66. The number of amides is 2. The molecule has 2 amide bonds. The second-order valence-electron chi connectivity index (χ2n) is 6.58. The Labute approximate surface area is 161 Å². The van der Waals surface area contributed by atoms with E-state index in [9.17, 15) is 9.59 Å². The number of unbranched alkanes of at least 4 members (excludes halogenated alkanes) is 1. The molecule has 0 aliphatic heterocycles. The van der Waals surface area contributed by atoms with Crippen LogP contribution >= 0.6 is 0 Å². The van der Waals surface area contributed by atoms with Crippen molar-refractivity contribution < 1.29 is 14.3 Å². The first-order chi connectivity index (χ1) is 13.0. The molecule has 0 aliphatic rings. The first-order valence-electron chi connectivity index (χ1n) is 9.31. The molecule has 0 aliphatic carbocycles. The van der Waals surface area contributed by atoms with E-state index in [1.165, 1.54) is 12.5 Å². The molecule has 27 heavy (non-hydrogen) atoms. The number of hydrogen-bond acceptors (Lipinski definition) is 3. The lowest BCUT2D eigenvalue weighted by atomic mass is 10.0. The minimum atomic E-state index is -0.391. The lowest BCUT2D eigenvalue weighted by Crippen LogP contribution is -2.29. The van der Waals surface area contributed by atoms with Crippen LogP contribution in [0.2, 0.25) is 0 Å². The van der Waals surface area contributed by atoms with E-state index in [4.69, 9.17) is 4.74 Å². The van der Waals surface area contributed by atoms with Gasteiger partial charge in [-0.3, -0.25) is 9.59 Å². The van der Waals surface area contributed by atoms with Gasteiger partial charge in [0, 0.05) is 12.6 Å². The Morgan fingerprint density at radius 3 is 2.26 bits per heavy atom. The minimum absolute atomic E-state index is 0.147. The normalized spacial score (nSPS) is 11.5. The quantitative estimate of drug-likeness (QED) is 0.695. The molecular formula is C22H28N2O3. The van der Waals surface area contributed by atoms with Crippen molar-refractivity contribution in [2.24, 2.45) is 0 Å². The zero-order valence-electron chi connectivity index (χ0n) is 16.2. The number of carbonyl (C=O) groups excluding carboxylic acids is 2. The smallest absolute Gasteiger partial charge is 0.226 e. The van der Waals surface area contributed by atoms with Crippen LogP contribution in [0, 0.1) is 0 Å². The molecule has 144 valence electrons. The number of benzene rings is 2. The maximum atomic E-state index is 12.5. The highest BCUT2D eigenvalue weighted by atomic mass is 16.5. The Bertz CT molecular complexity index is 739. The summed E-state index contributed by atoms with van der Waals surface area (Å²) in [5, 5.41) is 5.75. The molecule has 1 unspecified atom stereocenters. The van der Waals surface area contributed by atoms with Crippen molar-refractivity contribution in [2.45, 2.75) is 45.6 Å². The van der Waals surface area contributed by atoms with Gasteiger partial charge in [0.15, 0.2) is 0 Å². The van der Waals surface area contributed by atoms with E-state index in [2.05, 4.69) is 17.6 Å². The lowest BCUT2D eigenvalue weighted by Gasteiger charge is -2.18. The molecule has 0 saturated heterocycles. The maximum absolute atomic E-state index is 12.5. The number of anilines is 1. The molecule has 5 nitrogen and oxygen atoms in total. The molecule has 0 radical (unpaired) electrons. The van der Waals surface area contributed by atoms with E-state index in [-0.39, 0.29) is 18.2 Å². The van der Waals surface area contributed by atoms with Crippen molar-refractivity contribution >= 4 is 17.5 Å². The summed E-state index contributed by atoms with van der Waals surface area (Å²) in [5.74, 6) is 0.405. The third-order valence-electron chi connectivity index (χ3n) is 4.34. The lowest BCUT2D eigenvalue weighted by molar-refractivity contribution is -0.120. The summed E-state index contributed by atoms with van der Waals surface area (Å²) in [4.78, 5) is 24.0. The van der Waals surface area contributed by atoms with Gasteiger partial charge in [-0.1, -0.05) is 37.6 Å². The van der Waals surface area contributed by atoms with E-state index in [0.717, 1.165) is 36.3 Å². The van der Waals surface area contributed by atoms with Crippen LogP contribution in [0.4, 0.5) is 5.69 Å². The van der Waals surface area contributed by atoms with Gasteiger partial charge in [0.05, 0.1) is 19.6 Å². The summed E-state index contributed by atoms with van der Waals surface area (Å²) in [5.41, 5.74) is 2.89. The Hall–Kier alpha value is -2.82. The molecule has 0 saturated carbocycles. The molecule has 2 aromatic carbocycles. The van der Waals surface area contributed by atoms with Crippen molar-refractivity contribution in [3.63, 3.8) is 0 Å². The summed E-state index contributed by atoms with van der Waals surface area (Å²) >= 11 is 0. The van der Waals surface area contributed by atoms with Gasteiger partial charge in [0.1, 0.15) is 5.75 Å². The molecule has 2 rings (SSSR count). The zero-order chi connectivity index (χ0) is 19.6. The first-order valence-corrected chi connectivity index (χ1v) is 9.31. The van der Waals surface area contributed by atoms with Crippen molar-refractivity contribution in [1.29, 1.82) is 0 Å². The Kier molecular flexibility index (Phi) is 7.86. The number of nitrogens with one attached hydrogen (secondary N) is 2. The van der Waals surface area contributed by atoms with Gasteiger partial charge in [-0.25, -0.2) is 0 Å². The third kappa shape index (κ3) is 6.77. The minimum Gasteiger partial charge on any atom is -0.497 e. The molecular weight excluding hydrogens is 340 g/mol. The van der Waals surface area contributed by atoms with Crippen molar-refractivity contribution in [1.82, 2.24) is 5.32 Å². The van der Waals surface area contributed by atoms with E-state index in [1.807, 2.05) is 48.5 Å². The van der Waals surface area contributed by atoms with Crippen LogP contribution in [0.3, 0.4) is 0 Å². The van der Waals surface area contributed by atoms with Crippen molar-refractivity contribution in [2.75, 3.05) is 12.4 Å². The number of ether oxygens (including phenoxy) is 1. The van der Waals surface area contributed by atoms with Crippen LogP contribution in [0.25, 0.3) is 0 Å². The highest BCUT2D eigenvalue weighted by Gasteiger charge is 2.17. The molecule has 0 aromatic heterocycles. The monoisotopic (exact) mass is 368 g/mol. The number of aryl methyl sites for hydroxylation is 1. The van der Waals surface area contributed by atoms with Gasteiger partial charge >= 0.3 is 0 Å². The molecule has 5 heteroatoms.